The number of nitrogens with one attached hydrogen (secondary N) is 2. The van der Waals surface area contributed by atoms with E-state index in [-0.39, 0.29) is 5.91 Å². The summed E-state index contributed by atoms with van der Waals surface area (Å²) in [5, 5.41) is 14.5. The number of H-pyrrole nitrogens is 1. The summed E-state index contributed by atoms with van der Waals surface area (Å²) >= 11 is 4.36. The van der Waals surface area contributed by atoms with Crippen molar-refractivity contribution in [1.82, 2.24) is 25.1 Å². The Hall–Kier alpha value is -2.11. The minimum absolute atomic E-state index is 0.285. The molecule has 1 aliphatic carbocycles. The molecule has 1 amide bonds. The molecule has 3 aromatic rings. The van der Waals surface area contributed by atoms with Gasteiger partial charge in [-0.1, -0.05) is 19.3 Å². The van der Waals surface area contributed by atoms with Gasteiger partial charge >= 0.3 is 0 Å². The van der Waals surface area contributed by atoms with Gasteiger partial charge in [-0.2, -0.15) is 0 Å². The van der Waals surface area contributed by atoms with Crippen molar-refractivity contribution >= 4 is 51.7 Å². The van der Waals surface area contributed by atoms with E-state index in [0.29, 0.717) is 32.1 Å². The highest BCUT2D eigenvalue weighted by Gasteiger charge is 2.21. The van der Waals surface area contributed by atoms with Crippen LogP contribution in [0.4, 0.5) is 10.9 Å². The Morgan fingerprint density at radius 1 is 1.25 bits per heavy atom. The number of carbonyl (C=O) groups is 1. The van der Waals surface area contributed by atoms with Gasteiger partial charge in [-0.05, 0) is 36.7 Å². The van der Waals surface area contributed by atoms with Gasteiger partial charge in [-0.25, -0.2) is 9.97 Å². The summed E-state index contributed by atoms with van der Waals surface area (Å²) in [5.74, 6) is 0.104. The molecule has 0 atom stereocenters. The summed E-state index contributed by atoms with van der Waals surface area (Å²) in [6.07, 6.45) is 7.62. The first-order chi connectivity index (χ1) is 13.7. The second-order valence-electron chi connectivity index (χ2n) is 6.30. The molecule has 0 saturated heterocycles. The number of nitrogens with zero attached hydrogens (tertiary/aromatic N) is 4. The maximum absolute atomic E-state index is 12.9. The monoisotopic (exact) mass is 433 g/mol. The largest absolute Gasteiger partial charge is 0.383 e. The molecular weight excluding hydrogens is 414 g/mol. The molecule has 3 aromatic heterocycles. The van der Waals surface area contributed by atoms with Gasteiger partial charge in [0, 0.05) is 15.5 Å². The molecule has 3 heterocycles. The number of carbonyl (C=O) groups excluding carboxylic acids is 1. The van der Waals surface area contributed by atoms with Crippen LogP contribution in [0.25, 0.3) is 0 Å². The summed E-state index contributed by atoms with van der Waals surface area (Å²) in [6.45, 7) is 0. The summed E-state index contributed by atoms with van der Waals surface area (Å²) in [7, 11) is 0. The maximum atomic E-state index is 12.9. The van der Waals surface area contributed by atoms with Crippen LogP contribution in [0.1, 0.15) is 42.6 Å². The van der Waals surface area contributed by atoms with Crippen LogP contribution < -0.4 is 11.1 Å². The zero-order valence-corrected chi connectivity index (χ0v) is 17.4. The number of nitrogen functional groups attached to an aromatic ring is 1. The minimum atomic E-state index is -0.285. The van der Waals surface area contributed by atoms with Crippen molar-refractivity contribution < 1.29 is 4.79 Å². The first kappa shape index (κ1) is 19.2. The molecule has 1 saturated carbocycles. The Morgan fingerprint density at radius 2 is 2.11 bits per heavy atom. The zero-order chi connectivity index (χ0) is 19.3. The van der Waals surface area contributed by atoms with Gasteiger partial charge in [0.25, 0.3) is 5.91 Å². The van der Waals surface area contributed by atoms with Crippen molar-refractivity contribution in [1.29, 1.82) is 0 Å². The highest BCUT2D eigenvalue weighted by Crippen LogP contribution is 2.36. The topological polar surface area (TPSA) is 122 Å². The van der Waals surface area contributed by atoms with E-state index in [4.69, 9.17) is 5.73 Å². The molecule has 1 aliphatic rings. The lowest BCUT2D eigenvalue weighted by Gasteiger charge is -2.21. The Labute approximate surface area is 174 Å². The number of nitrogens with two attached hydrogens (primary N) is 1. The number of thioether (sulfide) groups is 1. The van der Waals surface area contributed by atoms with Crippen LogP contribution in [0, 0.1) is 0 Å². The Bertz CT molecular complexity index is 938. The van der Waals surface area contributed by atoms with E-state index in [1.165, 1.54) is 61.5 Å². The van der Waals surface area contributed by atoms with Crippen molar-refractivity contribution in [3.8, 4) is 0 Å². The molecule has 146 valence electrons. The van der Waals surface area contributed by atoms with Gasteiger partial charge in [-0.3, -0.25) is 10.1 Å². The van der Waals surface area contributed by atoms with E-state index in [1.54, 1.807) is 17.1 Å². The van der Waals surface area contributed by atoms with Gasteiger partial charge in [0.1, 0.15) is 22.9 Å². The molecule has 0 spiro atoms. The molecular formula is C17H19N7OS3. The van der Waals surface area contributed by atoms with Gasteiger partial charge in [0.15, 0.2) is 10.3 Å². The molecule has 0 unspecified atom stereocenters. The molecule has 28 heavy (non-hydrogen) atoms. The van der Waals surface area contributed by atoms with Crippen molar-refractivity contribution in [3.63, 3.8) is 0 Å². The number of anilines is 2. The fourth-order valence-corrected chi connectivity index (χ4v) is 5.54. The Balaban J connectivity index is 1.58. The highest BCUT2D eigenvalue weighted by atomic mass is 32.2. The molecule has 0 radical (unpaired) electrons. The second-order valence-corrected chi connectivity index (χ2v) is 9.51. The van der Waals surface area contributed by atoms with Crippen LogP contribution in [0.15, 0.2) is 38.9 Å². The number of hydrogen-bond acceptors (Lipinski definition) is 9. The first-order valence-electron chi connectivity index (χ1n) is 8.91. The normalized spacial score (nSPS) is 14.9. The van der Waals surface area contributed by atoms with Gasteiger partial charge in [-0.15, -0.1) is 33.3 Å². The molecule has 11 heteroatoms. The fraction of sp³-hybridized carbons (Fsp3) is 0.353. The van der Waals surface area contributed by atoms with E-state index < -0.39 is 0 Å². The molecule has 0 aliphatic heterocycles. The van der Waals surface area contributed by atoms with Crippen LogP contribution in [0.3, 0.4) is 0 Å². The Kier molecular flexibility index (Phi) is 6.13. The number of pyridine rings is 1. The second kappa shape index (κ2) is 8.93. The van der Waals surface area contributed by atoms with Crippen LogP contribution in [0.5, 0.6) is 0 Å². The van der Waals surface area contributed by atoms with Gasteiger partial charge in [0.2, 0.25) is 0 Å². The molecule has 1 fully saturated rings. The maximum Gasteiger partial charge on any atom is 0.277 e. The highest BCUT2D eigenvalue weighted by molar-refractivity contribution is 8.00. The van der Waals surface area contributed by atoms with E-state index >= 15 is 0 Å². The average molecular weight is 434 g/mol. The molecule has 0 bridgehead atoms. The summed E-state index contributed by atoms with van der Waals surface area (Å²) in [4.78, 5) is 25.5. The standard InChI is InChI=1S/C17H19N7OS3/c18-12-8-26-17(21-12)23-15(25)14-11(27-10-4-2-1-3-5-10)6-7-13(22-14)28-16-19-9-20-24-16/h6-10H,1-5,18H2,(H,19,20,24)(H,21,23,25). The van der Waals surface area contributed by atoms with E-state index in [9.17, 15) is 4.79 Å². The number of thiazole rings is 1. The lowest BCUT2D eigenvalue weighted by Crippen LogP contribution is -2.16. The lowest BCUT2D eigenvalue weighted by atomic mass is 10.0. The van der Waals surface area contributed by atoms with Gasteiger partial charge in [0.05, 0.1) is 0 Å². The van der Waals surface area contributed by atoms with E-state index in [1.807, 2.05) is 12.1 Å². The Morgan fingerprint density at radius 3 is 2.82 bits per heavy atom. The fourth-order valence-electron chi connectivity index (χ4n) is 2.95. The lowest BCUT2D eigenvalue weighted by molar-refractivity contribution is 0.101. The van der Waals surface area contributed by atoms with Gasteiger partial charge < -0.3 is 10.7 Å². The predicted molar refractivity (Wildman–Crippen MR) is 112 cm³/mol. The SMILES string of the molecule is Nc1csc(NC(=O)c2nc(Sc3nnc[nH]3)ccc2SC2CCCCC2)n1. The minimum Gasteiger partial charge on any atom is -0.383 e. The van der Waals surface area contributed by atoms with Crippen LogP contribution in [-0.2, 0) is 0 Å². The molecule has 4 N–H and O–H groups in total. The van der Waals surface area contributed by atoms with E-state index in [2.05, 4.69) is 30.5 Å². The van der Waals surface area contributed by atoms with Crippen molar-refractivity contribution in [2.24, 2.45) is 0 Å². The van der Waals surface area contributed by atoms with Crippen LogP contribution in [0.2, 0.25) is 0 Å². The molecule has 4 rings (SSSR count). The quantitative estimate of drug-likeness (QED) is 0.532. The average Bonchev–Trinajstić information content (AvgIpc) is 3.35. The van der Waals surface area contributed by atoms with E-state index in [0.717, 1.165) is 4.90 Å². The number of rotatable bonds is 6. The molecule has 8 nitrogen and oxygen atoms in total. The van der Waals surface area contributed by atoms with Crippen LogP contribution in [-0.4, -0.2) is 36.3 Å². The van der Waals surface area contributed by atoms with Crippen molar-refractivity contribution in [3.05, 3.63) is 29.5 Å². The third-order valence-corrected chi connectivity index (χ3v) is 7.22. The zero-order valence-electron chi connectivity index (χ0n) is 14.9. The van der Waals surface area contributed by atoms with Crippen LogP contribution >= 0.6 is 34.9 Å². The summed E-state index contributed by atoms with van der Waals surface area (Å²) in [5.41, 5.74) is 6.05. The number of aromatic amines is 1. The van der Waals surface area contributed by atoms with Crippen molar-refractivity contribution in [2.45, 2.75) is 52.4 Å². The first-order valence-corrected chi connectivity index (χ1v) is 11.5. The molecule has 0 aromatic carbocycles. The van der Waals surface area contributed by atoms with Crippen molar-refractivity contribution in [2.75, 3.05) is 11.1 Å². The predicted octanol–water partition coefficient (Wildman–Crippen LogP) is 4.07. The number of amides is 1. The number of hydrogen-bond donors (Lipinski definition) is 3. The third kappa shape index (κ3) is 4.83. The smallest absolute Gasteiger partial charge is 0.277 e. The summed E-state index contributed by atoms with van der Waals surface area (Å²) in [6, 6.07) is 3.88. The number of aromatic nitrogens is 5. The third-order valence-electron chi connectivity index (χ3n) is 4.23. The summed E-state index contributed by atoms with van der Waals surface area (Å²) < 4.78 is 0.